The van der Waals surface area contributed by atoms with Gasteiger partial charge in [0, 0.05) is 27.5 Å². The van der Waals surface area contributed by atoms with Crippen LogP contribution in [-0.4, -0.2) is 9.97 Å². The minimum atomic E-state index is 0.677. The van der Waals surface area contributed by atoms with Gasteiger partial charge in [-0.05, 0) is 101 Å². The summed E-state index contributed by atoms with van der Waals surface area (Å²) in [6.45, 7) is 0. The van der Waals surface area contributed by atoms with E-state index in [4.69, 9.17) is 14.4 Å². The summed E-state index contributed by atoms with van der Waals surface area (Å²) in [7, 11) is 0. The minimum absolute atomic E-state index is 0.677. The number of fused-ring (bicyclic) bond motifs is 8. The van der Waals surface area contributed by atoms with Crippen molar-refractivity contribution in [3.05, 3.63) is 231 Å². The van der Waals surface area contributed by atoms with Crippen LogP contribution in [0, 0.1) is 0 Å². The molecule has 0 bridgehead atoms. The lowest BCUT2D eigenvalue weighted by molar-refractivity contribution is 0.669. The Bertz CT molecular complexity index is 3980. The maximum Gasteiger partial charge on any atom is 0.160 e. The zero-order valence-corrected chi connectivity index (χ0v) is 35.2. The van der Waals surface area contributed by atoms with Crippen molar-refractivity contribution in [2.75, 3.05) is 0 Å². The lowest BCUT2D eigenvalue weighted by Crippen LogP contribution is -1.96. The topological polar surface area (TPSA) is 38.9 Å². The number of hydrogen-bond donors (Lipinski definition) is 0. The molecule has 13 rings (SSSR count). The first-order valence-electron chi connectivity index (χ1n) is 22.1. The van der Waals surface area contributed by atoms with Crippen molar-refractivity contribution in [3.63, 3.8) is 0 Å². The second kappa shape index (κ2) is 15.0. The maximum atomic E-state index is 6.32. The first-order valence-corrected chi connectivity index (χ1v) is 22.1. The summed E-state index contributed by atoms with van der Waals surface area (Å²) < 4.78 is 6.32. The van der Waals surface area contributed by atoms with Crippen LogP contribution in [0.15, 0.2) is 235 Å². The fourth-order valence-corrected chi connectivity index (χ4v) is 10.1. The number of para-hydroxylation sites is 1. The van der Waals surface area contributed by atoms with Gasteiger partial charge in [0.1, 0.15) is 11.2 Å². The van der Waals surface area contributed by atoms with Gasteiger partial charge in [0.05, 0.1) is 11.4 Å². The van der Waals surface area contributed by atoms with E-state index in [0.29, 0.717) is 5.82 Å². The van der Waals surface area contributed by atoms with E-state index in [-0.39, 0.29) is 0 Å². The SMILES string of the molecule is c1ccc(-c2nc(-c3ccc4c(c3)oc3ccccc34)cc(-c3ccc(-c4ccc(-c5c6ccccc6c(-c6ccccc6)c6c5ccc5ccccc56)cc4)c4ccccc34)n2)cc1. The molecule has 2 aromatic heterocycles. The predicted octanol–water partition coefficient (Wildman–Crippen LogP) is 17.0. The third-order valence-corrected chi connectivity index (χ3v) is 13.1. The van der Waals surface area contributed by atoms with E-state index in [1.54, 1.807) is 0 Å². The third kappa shape index (κ3) is 6.12. The summed E-state index contributed by atoms with van der Waals surface area (Å²) >= 11 is 0. The van der Waals surface area contributed by atoms with Crippen molar-refractivity contribution in [1.29, 1.82) is 0 Å². The van der Waals surface area contributed by atoms with Crippen molar-refractivity contribution < 1.29 is 4.42 Å². The molecule has 0 atom stereocenters. The van der Waals surface area contributed by atoms with E-state index in [9.17, 15) is 0 Å². The molecule has 0 saturated heterocycles. The van der Waals surface area contributed by atoms with Gasteiger partial charge in [-0.3, -0.25) is 0 Å². The Kier molecular flexibility index (Phi) is 8.53. The molecule has 0 radical (unpaired) electrons. The highest BCUT2D eigenvalue weighted by molar-refractivity contribution is 6.28. The fourth-order valence-electron chi connectivity index (χ4n) is 10.1. The van der Waals surface area contributed by atoms with Crippen molar-refractivity contribution in [2.45, 2.75) is 0 Å². The van der Waals surface area contributed by atoms with Crippen LogP contribution in [0.25, 0.3) is 132 Å². The molecule has 2 heterocycles. The van der Waals surface area contributed by atoms with Crippen LogP contribution in [0.2, 0.25) is 0 Å². The molecule has 302 valence electrons. The number of furan rings is 1. The predicted molar refractivity (Wildman–Crippen MR) is 272 cm³/mol. The van der Waals surface area contributed by atoms with E-state index < -0.39 is 0 Å². The Morgan fingerprint density at radius 1 is 0.277 bits per heavy atom. The Balaban J connectivity index is 0.951. The normalized spacial score (nSPS) is 11.7. The third-order valence-electron chi connectivity index (χ3n) is 13.1. The molecule has 0 aliphatic carbocycles. The second-order valence-corrected chi connectivity index (χ2v) is 16.8. The number of rotatable bonds is 6. The van der Waals surface area contributed by atoms with Gasteiger partial charge >= 0.3 is 0 Å². The van der Waals surface area contributed by atoms with Crippen LogP contribution in [0.5, 0.6) is 0 Å². The van der Waals surface area contributed by atoms with Crippen LogP contribution in [-0.2, 0) is 0 Å². The van der Waals surface area contributed by atoms with Gasteiger partial charge < -0.3 is 4.42 Å². The molecule has 3 heteroatoms. The molecular weight excluding hydrogens is 789 g/mol. The number of aromatic nitrogens is 2. The Hall–Kier alpha value is -8.66. The summed E-state index contributed by atoms with van der Waals surface area (Å²) in [6, 6.07) is 82.4. The molecule has 0 N–H and O–H groups in total. The lowest BCUT2D eigenvalue weighted by atomic mass is 9.83. The van der Waals surface area contributed by atoms with Crippen molar-refractivity contribution in [1.82, 2.24) is 9.97 Å². The molecule has 3 nitrogen and oxygen atoms in total. The van der Waals surface area contributed by atoms with Crippen LogP contribution in [0.3, 0.4) is 0 Å². The highest BCUT2D eigenvalue weighted by atomic mass is 16.3. The van der Waals surface area contributed by atoms with Gasteiger partial charge in [-0.1, -0.05) is 206 Å². The van der Waals surface area contributed by atoms with E-state index in [2.05, 4.69) is 200 Å². The summed E-state index contributed by atoms with van der Waals surface area (Å²) in [5.74, 6) is 0.677. The highest BCUT2D eigenvalue weighted by Gasteiger charge is 2.20. The summed E-state index contributed by atoms with van der Waals surface area (Å²) in [6.07, 6.45) is 0. The molecule has 0 unspecified atom stereocenters. The zero-order valence-electron chi connectivity index (χ0n) is 35.2. The molecular formula is C62H38N2O. The van der Waals surface area contributed by atoms with Gasteiger partial charge in [0.15, 0.2) is 5.82 Å². The molecule has 0 fully saturated rings. The van der Waals surface area contributed by atoms with Crippen molar-refractivity contribution in [2.24, 2.45) is 0 Å². The number of hydrogen-bond acceptors (Lipinski definition) is 3. The largest absolute Gasteiger partial charge is 0.456 e. The first kappa shape index (κ1) is 36.9. The smallest absolute Gasteiger partial charge is 0.160 e. The molecule has 0 aliphatic rings. The van der Waals surface area contributed by atoms with Crippen LogP contribution < -0.4 is 0 Å². The molecule has 11 aromatic carbocycles. The van der Waals surface area contributed by atoms with Crippen LogP contribution in [0.4, 0.5) is 0 Å². The number of nitrogens with zero attached hydrogens (tertiary/aromatic N) is 2. The summed E-state index contributed by atoms with van der Waals surface area (Å²) in [5, 5.41) is 12.0. The monoisotopic (exact) mass is 826 g/mol. The van der Waals surface area contributed by atoms with Crippen LogP contribution in [0.1, 0.15) is 0 Å². The Morgan fingerprint density at radius 3 is 1.57 bits per heavy atom. The van der Waals surface area contributed by atoms with Gasteiger partial charge in [0.2, 0.25) is 0 Å². The standard InChI is InChI=1S/C62H38N2O/c1-3-16-41(17-4-1)60-53-25-12-11-24-52(53)59(54-34-31-39-15-7-8-20-46(39)61(54)60)42-29-27-40(28-30-42)45-35-36-49(48-22-10-9-21-47(45)48)56-38-55(63-62(64-56)43-18-5-2-6-19-43)44-32-33-51-50-23-13-14-26-57(50)65-58(51)37-44/h1-38H. The molecule has 0 amide bonds. The minimum Gasteiger partial charge on any atom is -0.456 e. The molecule has 13 aromatic rings. The van der Waals surface area contributed by atoms with Gasteiger partial charge in [-0.2, -0.15) is 0 Å². The average molecular weight is 827 g/mol. The second-order valence-electron chi connectivity index (χ2n) is 16.8. The van der Waals surface area contributed by atoms with E-state index in [1.165, 1.54) is 60.1 Å². The fraction of sp³-hybridized carbons (Fsp3) is 0. The maximum absolute atomic E-state index is 6.32. The summed E-state index contributed by atoms with van der Waals surface area (Å²) in [4.78, 5) is 10.4. The number of benzene rings is 11. The Labute approximate surface area is 375 Å². The van der Waals surface area contributed by atoms with E-state index in [1.807, 2.05) is 30.3 Å². The first-order chi connectivity index (χ1) is 32.2. The van der Waals surface area contributed by atoms with Crippen molar-refractivity contribution >= 4 is 65.0 Å². The van der Waals surface area contributed by atoms with Crippen LogP contribution >= 0.6 is 0 Å². The highest BCUT2D eigenvalue weighted by Crippen LogP contribution is 2.47. The molecule has 0 saturated carbocycles. The van der Waals surface area contributed by atoms with Crippen molar-refractivity contribution in [3.8, 4) is 67.3 Å². The van der Waals surface area contributed by atoms with Gasteiger partial charge in [-0.15, -0.1) is 0 Å². The Morgan fingerprint density at radius 2 is 0.800 bits per heavy atom. The van der Waals surface area contributed by atoms with Gasteiger partial charge in [0.25, 0.3) is 0 Å². The summed E-state index contributed by atoms with van der Waals surface area (Å²) in [5.41, 5.74) is 13.7. The van der Waals surface area contributed by atoms with E-state index >= 15 is 0 Å². The average Bonchev–Trinajstić information content (AvgIpc) is 3.76. The lowest BCUT2D eigenvalue weighted by Gasteiger charge is -2.19. The molecule has 0 aliphatic heterocycles. The van der Waals surface area contributed by atoms with Gasteiger partial charge in [-0.25, -0.2) is 9.97 Å². The quantitative estimate of drug-likeness (QED) is 0.124. The van der Waals surface area contributed by atoms with E-state index in [0.717, 1.165) is 66.4 Å². The molecule has 65 heavy (non-hydrogen) atoms. The zero-order chi connectivity index (χ0) is 42.8. The molecule has 0 spiro atoms.